The molecule has 0 fully saturated rings. The summed E-state index contributed by atoms with van der Waals surface area (Å²) in [5.74, 6) is -1.14. The maximum atomic E-state index is 11.9. The fourth-order valence-electron chi connectivity index (χ4n) is 1.79. The first kappa shape index (κ1) is 13.1. The molecule has 1 aromatic carbocycles. The maximum Gasteiger partial charge on any atom is 0.263 e. The summed E-state index contributed by atoms with van der Waals surface area (Å²) in [4.78, 5) is 23.3. The lowest BCUT2D eigenvalue weighted by Gasteiger charge is -2.12. The molecule has 5 heteroatoms. The molecule has 0 bridgehead atoms. The zero-order valence-corrected chi connectivity index (χ0v) is 9.68. The van der Waals surface area contributed by atoms with Gasteiger partial charge < -0.3 is 5.48 Å². The van der Waals surface area contributed by atoms with E-state index in [1.165, 1.54) is 11.9 Å². The number of carbonyl (C=O) groups is 2. The van der Waals surface area contributed by atoms with E-state index in [0.717, 1.165) is 0 Å². The lowest BCUT2D eigenvalue weighted by molar-refractivity contribution is -0.127. The van der Waals surface area contributed by atoms with Crippen LogP contribution in [0.25, 0.3) is 0 Å². The van der Waals surface area contributed by atoms with Crippen LogP contribution >= 0.6 is 0 Å². The number of nitrogens with zero attached hydrogens (tertiary/aromatic N) is 2. The molecule has 0 spiro atoms. The second kappa shape index (κ2) is 4.88. The molecular weight excluding hydrogens is 220 g/mol. The molecule has 1 aliphatic heterocycles. The van der Waals surface area contributed by atoms with E-state index in [4.69, 9.17) is 0 Å². The van der Waals surface area contributed by atoms with E-state index < -0.39 is 5.92 Å². The lowest BCUT2D eigenvalue weighted by Crippen LogP contribution is -2.31. The zero-order chi connectivity index (χ0) is 11.7. The van der Waals surface area contributed by atoms with E-state index >= 15 is 0 Å². The molecule has 1 amide bonds. The summed E-state index contributed by atoms with van der Waals surface area (Å²) in [6.07, 6.45) is 0. The van der Waals surface area contributed by atoms with Crippen LogP contribution in [0, 0.1) is 5.92 Å². The number of ketones is 1. The lowest BCUT2D eigenvalue weighted by atomic mass is 10.0. The van der Waals surface area contributed by atoms with Crippen LogP contribution in [0.15, 0.2) is 35.4 Å². The van der Waals surface area contributed by atoms with Gasteiger partial charge in [0.05, 0.1) is 11.4 Å². The summed E-state index contributed by atoms with van der Waals surface area (Å²) in [7, 11) is 0. The van der Waals surface area contributed by atoms with Gasteiger partial charge in [0.2, 0.25) is 0 Å². The summed E-state index contributed by atoms with van der Waals surface area (Å²) in [6.45, 7) is 3.11. The van der Waals surface area contributed by atoms with Crippen LogP contribution in [-0.4, -0.2) is 22.9 Å². The van der Waals surface area contributed by atoms with E-state index in [1.54, 1.807) is 19.1 Å². The first-order chi connectivity index (χ1) is 7.61. The van der Waals surface area contributed by atoms with Crippen molar-refractivity contribution in [2.75, 3.05) is 5.01 Å². The molecule has 2 rings (SSSR count). The van der Waals surface area contributed by atoms with Gasteiger partial charge in [-0.2, -0.15) is 10.1 Å². The van der Waals surface area contributed by atoms with Crippen LogP contribution in [0.2, 0.25) is 0 Å². The van der Waals surface area contributed by atoms with Crippen LogP contribution < -0.4 is 5.01 Å². The monoisotopic (exact) mass is 234 g/mol. The molecule has 90 valence electrons. The average Bonchev–Trinajstić information content (AvgIpc) is 2.55. The molecule has 0 radical (unpaired) electrons. The van der Waals surface area contributed by atoms with Crippen LogP contribution in [0.5, 0.6) is 0 Å². The molecule has 0 saturated carbocycles. The first-order valence-electron chi connectivity index (χ1n) is 5.06. The molecular formula is C12H14N2O3. The Labute approximate surface area is 99.0 Å². The molecule has 1 unspecified atom stereocenters. The highest BCUT2D eigenvalue weighted by Crippen LogP contribution is 2.23. The number of benzene rings is 1. The number of carbonyl (C=O) groups excluding carboxylic acids is 2. The summed E-state index contributed by atoms with van der Waals surface area (Å²) >= 11 is 0. The number of anilines is 1. The second-order valence-electron chi connectivity index (χ2n) is 3.77. The van der Waals surface area contributed by atoms with Gasteiger partial charge in [-0.15, -0.1) is 0 Å². The van der Waals surface area contributed by atoms with Gasteiger partial charge in [-0.05, 0) is 26.0 Å². The van der Waals surface area contributed by atoms with Crippen molar-refractivity contribution in [3.63, 3.8) is 0 Å². The summed E-state index contributed by atoms with van der Waals surface area (Å²) < 4.78 is 0. The summed E-state index contributed by atoms with van der Waals surface area (Å²) in [5, 5.41) is 5.42. The Morgan fingerprint density at radius 3 is 2.35 bits per heavy atom. The van der Waals surface area contributed by atoms with E-state index in [0.29, 0.717) is 11.4 Å². The molecule has 1 heterocycles. The Morgan fingerprint density at radius 1 is 1.29 bits per heavy atom. The third kappa shape index (κ3) is 2.24. The van der Waals surface area contributed by atoms with Gasteiger partial charge in [0.1, 0.15) is 11.7 Å². The third-order valence-corrected chi connectivity index (χ3v) is 2.54. The Morgan fingerprint density at radius 2 is 1.88 bits per heavy atom. The van der Waals surface area contributed by atoms with Gasteiger partial charge in [-0.3, -0.25) is 9.59 Å². The van der Waals surface area contributed by atoms with Gasteiger partial charge in [0.25, 0.3) is 5.91 Å². The molecule has 5 nitrogen and oxygen atoms in total. The van der Waals surface area contributed by atoms with E-state index in [1.807, 2.05) is 18.2 Å². The van der Waals surface area contributed by atoms with Crippen LogP contribution in [0.3, 0.4) is 0 Å². The normalized spacial score (nSPS) is 18.7. The standard InChI is InChI=1S/C12H12N2O2.H2O/c1-8-11(9(2)15)12(16)14(13-8)10-6-4-3-5-7-10;/h3-7,11H,1-2H3;1H2. The quantitative estimate of drug-likeness (QED) is 0.709. The smallest absolute Gasteiger partial charge is 0.263 e. The van der Waals surface area contributed by atoms with Crippen molar-refractivity contribution in [3.8, 4) is 0 Å². The van der Waals surface area contributed by atoms with Crippen molar-refractivity contribution in [2.45, 2.75) is 13.8 Å². The molecule has 2 N–H and O–H groups in total. The fraction of sp³-hybridized carbons (Fsp3) is 0.250. The zero-order valence-electron chi connectivity index (χ0n) is 9.68. The van der Waals surface area contributed by atoms with Crippen LogP contribution in [0.4, 0.5) is 5.69 Å². The highest BCUT2D eigenvalue weighted by molar-refractivity contribution is 6.26. The molecule has 0 saturated heterocycles. The SMILES string of the molecule is CC(=O)C1C(=O)N(c2ccccc2)N=C1C.O. The molecule has 1 aliphatic rings. The number of amides is 1. The van der Waals surface area contributed by atoms with E-state index in [-0.39, 0.29) is 17.2 Å². The van der Waals surface area contributed by atoms with Gasteiger partial charge >= 0.3 is 0 Å². The van der Waals surface area contributed by atoms with Crippen LogP contribution in [-0.2, 0) is 9.59 Å². The molecule has 17 heavy (non-hydrogen) atoms. The van der Waals surface area contributed by atoms with Gasteiger partial charge in [-0.1, -0.05) is 18.2 Å². The Balaban J connectivity index is 0.00000144. The molecule has 0 aliphatic carbocycles. The second-order valence-corrected chi connectivity index (χ2v) is 3.77. The minimum Gasteiger partial charge on any atom is -0.412 e. The molecule has 1 aromatic rings. The minimum atomic E-state index is -0.708. The number of Topliss-reactive ketones (excluding diaryl/α,β-unsaturated/α-hetero) is 1. The summed E-state index contributed by atoms with van der Waals surface area (Å²) in [6, 6.07) is 9.10. The highest BCUT2D eigenvalue weighted by atomic mass is 16.2. The van der Waals surface area contributed by atoms with Crippen molar-refractivity contribution in [1.29, 1.82) is 0 Å². The predicted molar refractivity (Wildman–Crippen MR) is 64.8 cm³/mol. The van der Waals surface area contributed by atoms with Crippen LogP contribution in [0.1, 0.15) is 13.8 Å². The molecule has 0 aromatic heterocycles. The number of hydrogen-bond donors (Lipinski definition) is 0. The number of para-hydroxylation sites is 1. The Kier molecular flexibility index (Phi) is 3.75. The minimum absolute atomic E-state index is 0. The van der Waals surface area contributed by atoms with Gasteiger partial charge in [-0.25, -0.2) is 0 Å². The fourth-order valence-corrected chi connectivity index (χ4v) is 1.79. The number of hydrazone groups is 1. The van der Waals surface area contributed by atoms with E-state index in [2.05, 4.69) is 5.10 Å². The van der Waals surface area contributed by atoms with E-state index in [9.17, 15) is 9.59 Å². The Bertz CT molecular complexity index is 468. The van der Waals surface area contributed by atoms with Crippen molar-refractivity contribution < 1.29 is 15.1 Å². The topological polar surface area (TPSA) is 81.2 Å². The first-order valence-corrected chi connectivity index (χ1v) is 5.06. The third-order valence-electron chi connectivity index (χ3n) is 2.54. The number of hydrogen-bond acceptors (Lipinski definition) is 3. The van der Waals surface area contributed by atoms with Gasteiger partial charge in [0, 0.05) is 0 Å². The van der Waals surface area contributed by atoms with Crippen molar-refractivity contribution in [1.82, 2.24) is 0 Å². The summed E-state index contributed by atoms with van der Waals surface area (Å²) in [5.41, 5.74) is 1.25. The highest BCUT2D eigenvalue weighted by Gasteiger charge is 2.37. The predicted octanol–water partition coefficient (Wildman–Crippen LogP) is 0.790. The average molecular weight is 234 g/mol. The molecule has 1 atom stereocenters. The van der Waals surface area contributed by atoms with Crippen molar-refractivity contribution in [2.24, 2.45) is 11.0 Å². The van der Waals surface area contributed by atoms with Gasteiger partial charge in [0.15, 0.2) is 0 Å². The van der Waals surface area contributed by atoms with Crippen molar-refractivity contribution >= 4 is 23.1 Å². The largest absolute Gasteiger partial charge is 0.412 e. The number of rotatable bonds is 2. The van der Waals surface area contributed by atoms with Crippen molar-refractivity contribution in [3.05, 3.63) is 30.3 Å². The maximum absolute atomic E-state index is 11.9. The Hall–Kier alpha value is -2.01.